The van der Waals surface area contributed by atoms with Gasteiger partial charge in [0, 0.05) is 13.2 Å². The number of carbonyl (C=O) groups excluding carboxylic acids is 1. The van der Waals surface area contributed by atoms with E-state index in [0.717, 1.165) is 30.8 Å². The summed E-state index contributed by atoms with van der Waals surface area (Å²) in [4.78, 5) is 14.3. The molecule has 1 N–H and O–H groups in total. The van der Waals surface area contributed by atoms with Crippen LogP contribution >= 0.6 is 0 Å². The number of ether oxygens (including phenoxy) is 1. The lowest BCUT2D eigenvalue weighted by Crippen LogP contribution is -2.40. The van der Waals surface area contributed by atoms with Gasteiger partial charge in [0.2, 0.25) is 0 Å². The van der Waals surface area contributed by atoms with Crippen LogP contribution in [0.25, 0.3) is 0 Å². The predicted molar refractivity (Wildman–Crippen MR) is 87.4 cm³/mol. The van der Waals surface area contributed by atoms with Crippen LogP contribution in [0.4, 0.5) is 16.2 Å². The van der Waals surface area contributed by atoms with Crippen molar-refractivity contribution in [1.82, 2.24) is 5.32 Å². The van der Waals surface area contributed by atoms with Gasteiger partial charge >= 0.3 is 6.03 Å². The Morgan fingerprint density at radius 1 is 1.05 bits per heavy atom. The highest BCUT2D eigenvalue weighted by Crippen LogP contribution is 2.25. The second-order valence-corrected chi connectivity index (χ2v) is 5.33. The number of anilines is 2. The van der Waals surface area contributed by atoms with Crippen molar-refractivity contribution in [1.29, 1.82) is 0 Å². The predicted octanol–water partition coefficient (Wildman–Crippen LogP) is 3.71. The highest BCUT2D eigenvalue weighted by molar-refractivity contribution is 5.99. The number of carbonyl (C=O) groups is 1. The van der Waals surface area contributed by atoms with Crippen molar-refractivity contribution in [2.45, 2.75) is 18.9 Å². The van der Waals surface area contributed by atoms with Gasteiger partial charge in [-0.2, -0.15) is 0 Å². The van der Waals surface area contributed by atoms with Crippen LogP contribution in [0, 0.1) is 0 Å². The monoisotopic (exact) mass is 296 g/mol. The molecule has 2 amide bonds. The smallest absolute Gasteiger partial charge is 0.326 e. The molecule has 2 aromatic rings. The molecule has 4 heteroatoms. The minimum atomic E-state index is -0.132. The Bertz CT molecular complexity index is 555. The molecule has 114 valence electrons. The minimum absolute atomic E-state index is 0.132. The first kappa shape index (κ1) is 14.6. The maximum absolute atomic E-state index is 12.7. The lowest BCUT2D eigenvalue weighted by molar-refractivity contribution is 0.112. The first-order valence-corrected chi connectivity index (χ1v) is 7.64. The first-order chi connectivity index (χ1) is 10.8. The molecule has 3 rings (SSSR count). The summed E-state index contributed by atoms with van der Waals surface area (Å²) in [5, 5.41) is 2.98. The van der Waals surface area contributed by atoms with E-state index in [0.29, 0.717) is 6.54 Å². The fraction of sp³-hybridized carbons (Fsp3) is 0.278. The third-order valence-corrected chi connectivity index (χ3v) is 3.74. The molecular weight excluding hydrogens is 276 g/mol. The van der Waals surface area contributed by atoms with Gasteiger partial charge in [-0.3, -0.25) is 4.90 Å². The third kappa shape index (κ3) is 3.46. The second kappa shape index (κ2) is 7.09. The number of nitrogens with one attached hydrogen (secondary N) is 1. The molecule has 0 aliphatic carbocycles. The van der Waals surface area contributed by atoms with Crippen LogP contribution < -0.4 is 10.2 Å². The van der Waals surface area contributed by atoms with Gasteiger partial charge < -0.3 is 10.1 Å². The summed E-state index contributed by atoms with van der Waals surface area (Å²) >= 11 is 0. The van der Waals surface area contributed by atoms with E-state index in [4.69, 9.17) is 4.74 Å². The molecule has 22 heavy (non-hydrogen) atoms. The van der Waals surface area contributed by atoms with E-state index < -0.39 is 0 Å². The number of amides is 2. The van der Waals surface area contributed by atoms with Crippen LogP contribution in [-0.4, -0.2) is 25.3 Å². The van der Waals surface area contributed by atoms with Crippen LogP contribution in [0.15, 0.2) is 60.7 Å². The largest absolute Gasteiger partial charge is 0.376 e. The molecule has 0 radical (unpaired) electrons. The number of para-hydroxylation sites is 2. The van der Waals surface area contributed by atoms with Crippen LogP contribution in [0.5, 0.6) is 0 Å². The van der Waals surface area contributed by atoms with Crippen molar-refractivity contribution in [3.05, 3.63) is 60.7 Å². The minimum Gasteiger partial charge on any atom is -0.376 e. The summed E-state index contributed by atoms with van der Waals surface area (Å²) in [7, 11) is 0. The van der Waals surface area contributed by atoms with Gasteiger partial charge in [0.15, 0.2) is 0 Å². The van der Waals surface area contributed by atoms with Crippen molar-refractivity contribution in [2.75, 3.05) is 18.1 Å². The Labute approximate surface area is 130 Å². The van der Waals surface area contributed by atoms with Crippen LogP contribution in [0.1, 0.15) is 12.8 Å². The summed E-state index contributed by atoms with van der Waals surface area (Å²) in [6.45, 7) is 1.34. The number of urea groups is 1. The highest BCUT2D eigenvalue weighted by atomic mass is 16.5. The molecule has 0 aromatic heterocycles. The number of hydrogen-bond acceptors (Lipinski definition) is 2. The topological polar surface area (TPSA) is 41.6 Å². The van der Waals surface area contributed by atoms with Crippen LogP contribution in [0.2, 0.25) is 0 Å². The Morgan fingerprint density at radius 3 is 2.14 bits per heavy atom. The fourth-order valence-electron chi connectivity index (χ4n) is 2.62. The molecule has 0 unspecified atom stereocenters. The van der Waals surface area contributed by atoms with Crippen molar-refractivity contribution in [3.63, 3.8) is 0 Å². The molecule has 1 aliphatic rings. The molecule has 1 saturated heterocycles. The summed E-state index contributed by atoms with van der Waals surface area (Å²) in [6.07, 6.45) is 2.22. The van der Waals surface area contributed by atoms with E-state index in [2.05, 4.69) is 5.32 Å². The van der Waals surface area contributed by atoms with Gasteiger partial charge in [0.25, 0.3) is 0 Å². The van der Waals surface area contributed by atoms with Crippen molar-refractivity contribution >= 4 is 17.4 Å². The zero-order valence-corrected chi connectivity index (χ0v) is 12.4. The van der Waals surface area contributed by atoms with Gasteiger partial charge in [0.1, 0.15) is 0 Å². The molecule has 2 aromatic carbocycles. The molecule has 1 aliphatic heterocycles. The lowest BCUT2D eigenvalue weighted by Gasteiger charge is -2.24. The molecule has 1 fully saturated rings. The Hall–Kier alpha value is -2.33. The number of nitrogens with zero attached hydrogens (tertiary/aromatic N) is 1. The van der Waals surface area contributed by atoms with Gasteiger partial charge in [-0.25, -0.2) is 4.79 Å². The number of benzene rings is 2. The van der Waals surface area contributed by atoms with Crippen molar-refractivity contribution in [2.24, 2.45) is 0 Å². The van der Waals surface area contributed by atoms with E-state index in [9.17, 15) is 4.79 Å². The van der Waals surface area contributed by atoms with E-state index in [-0.39, 0.29) is 12.1 Å². The quantitative estimate of drug-likeness (QED) is 0.934. The zero-order valence-electron chi connectivity index (χ0n) is 12.4. The maximum atomic E-state index is 12.7. The summed E-state index contributed by atoms with van der Waals surface area (Å²) < 4.78 is 5.56. The Morgan fingerprint density at radius 2 is 1.64 bits per heavy atom. The average molecular weight is 296 g/mol. The summed E-state index contributed by atoms with van der Waals surface area (Å²) in [6, 6.07) is 19.2. The zero-order chi connectivity index (χ0) is 15.2. The molecule has 1 atom stereocenters. The van der Waals surface area contributed by atoms with Crippen LogP contribution in [-0.2, 0) is 4.74 Å². The fourth-order valence-corrected chi connectivity index (χ4v) is 2.62. The summed E-state index contributed by atoms with van der Waals surface area (Å²) in [5.74, 6) is 0. The molecule has 1 heterocycles. The molecular formula is C18H20N2O2. The maximum Gasteiger partial charge on any atom is 0.326 e. The number of rotatable bonds is 4. The molecule has 0 spiro atoms. The normalized spacial score (nSPS) is 17.2. The SMILES string of the molecule is O=C(NC[C@H]1CCCO1)N(c1ccccc1)c1ccccc1. The van der Waals surface area contributed by atoms with Crippen molar-refractivity contribution in [3.8, 4) is 0 Å². The first-order valence-electron chi connectivity index (χ1n) is 7.64. The molecule has 0 bridgehead atoms. The third-order valence-electron chi connectivity index (χ3n) is 3.74. The lowest BCUT2D eigenvalue weighted by atomic mass is 10.2. The van der Waals surface area contributed by atoms with Crippen molar-refractivity contribution < 1.29 is 9.53 Å². The Kier molecular flexibility index (Phi) is 4.71. The van der Waals surface area contributed by atoms with E-state index in [1.807, 2.05) is 60.7 Å². The molecule has 0 saturated carbocycles. The van der Waals surface area contributed by atoms with Crippen LogP contribution in [0.3, 0.4) is 0 Å². The highest BCUT2D eigenvalue weighted by Gasteiger charge is 2.20. The Balaban J connectivity index is 1.77. The number of hydrogen-bond donors (Lipinski definition) is 1. The molecule has 4 nitrogen and oxygen atoms in total. The van der Waals surface area contributed by atoms with Gasteiger partial charge in [-0.1, -0.05) is 36.4 Å². The van der Waals surface area contributed by atoms with Gasteiger partial charge in [-0.05, 0) is 37.1 Å². The average Bonchev–Trinajstić information content (AvgIpc) is 3.09. The van der Waals surface area contributed by atoms with E-state index in [1.165, 1.54) is 0 Å². The second-order valence-electron chi connectivity index (χ2n) is 5.33. The van der Waals surface area contributed by atoms with Gasteiger partial charge in [-0.15, -0.1) is 0 Å². The van der Waals surface area contributed by atoms with E-state index >= 15 is 0 Å². The standard InChI is InChI=1S/C18H20N2O2/c21-18(19-14-17-12-7-13-22-17)20(15-8-3-1-4-9-15)16-10-5-2-6-11-16/h1-6,8-11,17H,7,12-14H2,(H,19,21)/t17-/m1/s1. The van der Waals surface area contributed by atoms with Gasteiger partial charge in [0.05, 0.1) is 17.5 Å². The van der Waals surface area contributed by atoms with E-state index in [1.54, 1.807) is 4.90 Å². The summed E-state index contributed by atoms with van der Waals surface area (Å²) in [5.41, 5.74) is 1.69.